The van der Waals surface area contributed by atoms with Gasteiger partial charge in [0.2, 0.25) is 0 Å². The standard InChI is InChI=1S/C14H26O4.Na.H/c1-3-17-13(15)11-9-7-5-6-8-10-12-14(16)18-4-2;;/h3-12H2,1-2H3;;/q;+1;-1. The molecule has 0 unspecified atom stereocenters. The maximum absolute atomic E-state index is 11.0. The van der Waals surface area contributed by atoms with Crippen molar-refractivity contribution < 1.29 is 50.0 Å². The first kappa shape index (κ1) is 21.2. The molecule has 0 spiro atoms. The van der Waals surface area contributed by atoms with E-state index < -0.39 is 0 Å². The zero-order valence-electron chi connectivity index (χ0n) is 13.7. The van der Waals surface area contributed by atoms with Crippen molar-refractivity contribution in [3.63, 3.8) is 0 Å². The molecule has 0 radical (unpaired) electrons. The summed E-state index contributed by atoms with van der Waals surface area (Å²) >= 11 is 0. The van der Waals surface area contributed by atoms with Crippen LogP contribution in [-0.2, 0) is 19.1 Å². The van der Waals surface area contributed by atoms with Crippen molar-refractivity contribution in [1.82, 2.24) is 0 Å². The van der Waals surface area contributed by atoms with E-state index in [0.29, 0.717) is 26.1 Å². The van der Waals surface area contributed by atoms with Gasteiger partial charge in [0.15, 0.2) is 0 Å². The third kappa shape index (κ3) is 15.9. The molecule has 0 aliphatic rings. The predicted octanol–water partition coefficient (Wildman–Crippen LogP) is 0.350. The van der Waals surface area contributed by atoms with Gasteiger partial charge in [-0.25, -0.2) is 0 Å². The summed E-state index contributed by atoms with van der Waals surface area (Å²) in [6.45, 7) is 4.57. The fraction of sp³-hybridized carbons (Fsp3) is 0.857. The maximum atomic E-state index is 11.0. The van der Waals surface area contributed by atoms with E-state index in [0.717, 1.165) is 38.5 Å². The van der Waals surface area contributed by atoms with E-state index in [4.69, 9.17) is 9.47 Å². The SMILES string of the molecule is CCOC(=O)CCCCCCCCC(=O)OCC.[H-].[Na+]. The van der Waals surface area contributed by atoms with Crippen molar-refractivity contribution in [2.45, 2.75) is 65.2 Å². The number of ether oxygens (including phenoxy) is 2. The van der Waals surface area contributed by atoms with Gasteiger partial charge in [0, 0.05) is 12.8 Å². The van der Waals surface area contributed by atoms with Crippen LogP contribution in [0.25, 0.3) is 0 Å². The number of carbonyl (C=O) groups excluding carboxylic acids is 2. The van der Waals surface area contributed by atoms with Crippen LogP contribution in [0, 0.1) is 0 Å². The Morgan fingerprint density at radius 1 is 0.737 bits per heavy atom. The van der Waals surface area contributed by atoms with Crippen molar-refractivity contribution in [3.8, 4) is 0 Å². The van der Waals surface area contributed by atoms with Crippen molar-refractivity contribution in [3.05, 3.63) is 0 Å². The van der Waals surface area contributed by atoms with E-state index in [1.54, 1.807) is 0 Å². The third-order valence-electron chi connectivity index (χ3n) is 2.62. The number of esters is 2. The van der Waals surface area contributed by atoms with Gasteiger partial charge in [-0.15, -0.1) is 0 Å². The summed E-state index contributed by atoms with van der Waals surface area (Å²) in [5, 5.41) is 0. The van der Waals surface area contributed by atoms with Crippen molar-refractivity contribution in [2.75, 3.05) is 13.2 Å². The summed E-state index contributed by atoms with van der Waals surface area (Å²) in [7, 11) is 0. The first-order valence-electron chi connectivity index (χ1n) is 7.02. The third-order valence-corrected chi connectivity index (χ3v) is 2.62. The fourth-order valence-electron chi connectivity index (χ4n) is 1.71. The first-order valence-corrected chi connectivity index (χ1v) is 7.02. The summed E-state index contributed by atoms with van der Waals surface area (Å²) in [5.41, 5.74) is 0. The summed E-state index contributed by atoms with van der Waals surface area (Å²) in [6.07, 6.45) is 7.18. The molecule has 108 valence electrons. The summed E-state index contributed by atoms with van der Waals surface area (Å²) in [5.74, 6) is -0.195. The second-order valence-corrected chi connectivity index (χ2v) is 4.23. The van der Waals surface area contributed by atoms with Crippen molar-refractivity contribution in [1.29, 1.82) is 0 Å². The van der Waals surface area contributed by atoms with E-state index >= 15 is 0 Å². The summed E-state index contributed by atoms with van der Waals surface area (Å²) in [4.78, 5) is 22.1. The number of rotatable bonds is 11. The average molecular weight is 282 g/mol. The predicted molar refractivity (Wildman–Crippen MR) is 71.3 cm³/mol. The van der Waals surface area contributed by atoms with Crippen LogP contribution in [0.1, 0.15) is 66.6 Å². The molecule has 0 heterocycles. The summed E-state index contributed by atoms with van der Waals surface area (Å²) < 4.78 is 9.69. The number of unbranched alkanes of at least 4 members (excludes halogenated alkanes) is 5. The Bertz CT molecular complexity index is 213. The second kappa shape index (κ2) is 16.0. The molecule has 0 rings (SSSR count). The molecule has 0 fully saturated rings. The Labute approximate surface area is 140 Å². The van der Waals surface area contributed by atoms with Gasteiger partial charge in [-0.3, -0.25) is 9.59 Å². The summed E-state index contributed by atoms with van der Waals surface area (Å²) in [6, 6.07) is 0. The number of hydrogen-bond donors (Lipinski definition) is 0. The molecule has 0 aromatic rings. The van der Waals surface area contributed by atoms with Gasteiger partial charge in [0.1, 0.15) is 0 Å². The van der Waals surface area contributed by atoms with Crippen LogP contribution in [0.3, 0.4) is 0 Å². The quantitative estimate of drug-likeness (QED) is 0.312. The molecule has 0 saturated carbocycles. The maximum Gasteiger partial charge on any atom is 1.00 e. The van der Waals surface area contributed by atoms with Gasteiger partial charge < -0.3 is 10.9 Å². The topological polar surface area (TPSA) is 52.6 Å². The molecule has 0 aromatic carbocycles. The molecular weight excluding hydrogens is 255 g/mol. The molecule has 19 heavy (non-hydrogen) atoms. The van der Waals surface area contributed by atoms with E-state index in [-0.39, 0.29) is 42.9 Å². The second-order valence-electron chi connectivity index (χ2n) is 4.23. The molecule has 0 amide bonds. The molecule has 4 nitrogen and oxygen atoms in total. The van der Waals surface area contributed by atoms with E-state index in [1.807, 2.05) is 13.8 Å². The molecular formula is C14H27NaO4. The monoisotopic (exact) mass is 282 g/mol. The van der Waals surface area contributed by atoms with E-state index in [1.165, 1.54) is 0 Å². The molecule has 0 N–H and O–H groups in total. The van der Waals surface area contributed by atoms with Crippen LogP contribution in [0.5, 0.6) is 0 Å². The Morgan fingerprint density at radius 2 is 1.05 bits per heavy atom. The van der Waals surface area contributed by atoms with Gasteiger partial charge in [0.05, 0.1) is 13.2 Å². The van der Waals surface area contributed by atoms with Crippen LogP contribution in [0.4, 0.5) is 0 Å². The zero-order chi connectivity index (χ0) is 13.6. The fourth-order valence-corrected chi connectivity index (χ4v) is 1.71. The number of carbonyl (C=O) groups is 2. The van der Waals surface area contributed by atoms with Crippen LogP contribution in [-0.4, -0.2) is 25.2 Å². The van der Waals surface area contributed by atoms with Crippen LogP contribution < -0.4 is 29.6 Å². The van der Waals surface area contributed by atoms with Crippen molar-refractivity contribution >= 4 is 11.9 Å². The molecule has 0 saturated heterocycles. The van der Waals surface area contributed by atoms with Gasteiger partial charge in [-0.1, -0.05) is 25.7 Å². The Balaban J connectivity index is -0.00000144. The minimum atomic E-state index is -0.0974. The van der Waals surface area contributed by atoms with Crippen molar-refractivity contribution in [2.24, 2.45) is 0 Å². The van der Waals surface area contributed by atoms with Gasteiger partial charge in [0.25, 0.3) is 0 Å². The molecule has 0 aliphatic heterocycles. The van der Waals surface area contributed by atoms with Gasteiger partial charge in [-0.2, -0.15) is 0 Å². The minimum absolute atomic E-state index is 0. The first-order chi connectivity index (χ1) is 8.70. The van der Waals surface area contributed by atoms with E-state index in [2.05, 4.69) is 0 Å². The van der Waals surface area contributed by atoms with Crippen LogP contribution >= 0.6 is 0 Å². The average Bonchev–Trinajstić information content (AvgIpc) is 2.33. The normalized spacial score (nSPS) is 9.58. The van der Waals surface area contributed by atoms with Gasteiger partial charge >= 0.3 is 41.5 Å². The van der Waals surface area contributed by atoms with Crippen LogP contribution in [0.15, 0.2) is 0 Å². The van der Waals surface area contributed by atoms with E-state index in [9.17, 15) is 9.59 Å². The molecule has 0 aliphatic carbocycles. The largest absolute Gasteiger partial charge is 1.00 e. The molecule has 5 heteroatoms. The molecule has 0 atom stereocenters. The Hall–Kier alpha value is -0.0600. The minimum Gasteiger partial charge on any atom is -1.00 e. The van der Waals surface area contributed by atoms with Crippen LogP contribution in [0.2, 0.25) is 0 Å². The number of hydrogen-bond acceptors (Lipinski definition) is 4. The smallest absolute Gasteiger partial charge is 1.00 e. The Kier molecular flexibility index (Phi) is 17.9. The molecule has 0 bridgehead atoms. The Morgan fingerprint density at radius 3 is 1.37 bits per heavy atom. The van der Waals surface area contributed by atoms with Gasteiger partial charge in [-0.05, 0) is 26.7 Å². The molecule has 0 aromatic heterocycles. The zero-order valence-corrected chi connectivity index (χ0v) is 14.7.